The molecular formula is C29H30F6N4O. The van der Waals surface area contributed by atoms with Gasteiger partial charge in [0, 0.05) is 55.6 Å². The van der Waals surface area contributed by atoms with Crippen LogP contribution in [0.2, 0.25) is 0 Å². The first kappa shape index (κ1) is 28.2. The normalized spacial score (nSPS) is 20.2. The Labute approximate surface area is 228 Å². The highest BCUT2D eigenvalue weighted by atomic mass is 19.4. The molecule has 2 atom stereocenters. The summed E-state index contributed by atoms with van der Waals surface area (Å²) in [6, 6.07) is 6.61. The summed E-state index contributed by atoms with van der Waals surface area (Å²) in [5, 5.41) is 0. The van der Waals surface area contributed by atoms with Gasteiger partial charge in [-0.15, -0.1) is 0 Å². The van der Waals surface area contributed by atoms with Gasteiger partial charge >= 0.3 is 6.18 Å². The van der Waals surface area contributed by atoms with Gasteiger partial charge in [0.1, 0.15) is 23.1 Å². The molecule has 4 heterocycles. The summed E-state index contributed by atoms with van der Waals surface area (Å²) in [4.78, 5) is 11.9. The fourth-order valence-electron chi connectivity index (χ4n) is 5.56. The fourth-order valence-corrected chi connectivity index (χ4v) is 5.56. The van der Waals surface area contributed by atoms with Crippen molar-refractivity contribution >= 4 is 11.4 Å². The Balaban J connectivity index is 1.36. The van der Waals surface area contributed by atoms with E-state index in [1.807, 2.05) is 6.92 Å². The van der Waals surface area contributed by atoms with Crippen LogP contribution in [0.15, 0.2) is 42.7 Å². The summed E-state index contributed by atoms with van der Waals surface area (Å²) in [7, 11) is 0. The fraction of sp³-hybridized carbons (Fsp3) is 0.448. The van der Waals surface area contributed by atoms with Gasteiger partial charge in [-0.25, -0.2) is 18.2 Å². The molecule has 0 aliphatic carbocycles. The molecule has 0 radical (unpaired) electrons. The summed E-state index contributed by atoms with van der Waals surface area (Å²) in [5.41, 5.74) is 1.15. The van der Waals surface area contributed by atoms with Gasteiger partial charge in [-0.3, -0.25) is 4.98 Å². The minimum Gasteiger partial charge on any atom is -0.378 e. The summed E-state index contributed by atoms with van der Waals surface area (Å²) in [6.45, 7) is 4.03. The zero-order chi connectivity index (χ0) is 28.4. The Kier molecular flexibility index (Phi) is 8.21. The molecular weight excluding hydrogens is 534 g/mol. The molecule has 5 nitrogen and oxygen atoms in total. The third-order valence-electron chi connectivity index (χ3n) is 7.54. The minimum atomic E-state index is -4.28. The molecule has 0 spiro atoms. The first-order valence-electron chi connectivity index (χ1n) is 13.3. The van der Waals surface area contributed by atoms with Crippen molar-refractivity contribution in [1.29, 1.82) is 0 Å². The number of ether oxygens (including phenoxy) is 1. The summed E-state index contributed by atoms with van der Waals surface area (Å²) >= 11 is 0. The van der Waals surface area contributed by atoms with Gasteiger partial charge in [0.25, 0.3) is 0 Å². The highest BCUT2D eigenvalue weighted by Crippen LogP contribution is 2.38. The third-order valence-corrected chi connectivity index (χ3v) is 7.54. The van der Waals surface area contributed by atoms with Gasteiger partial charge in [0.2, 0.25) is 0 Å². The first-order chi connectivity index (χ1) is 19.1. The molecule has 0 bridgehead atoms. The third kappa shape index (κ3) is 6.19. The first-order valence-corrected chi connectivity index (χ1v) is 13.3. The monoisotopic (exact) mass is 564 g/mol. The van der Waals surface area contributed by atoms with Gasteiger partial charge < -0.3 is 14.5 Å². The van der Waals surface area contributed by atoms with Gasteiger partial charge in [-0.1, -0.05) is 6.92 Å². The van der Waals surface area contributed by atoms with Gasteiger partial charge in [-0.2, -0.15) is 13.2 Å². The smallest absolute Gasteiger partial charge is 0.378 e. The van der Waals surface area contributed by atoms with E-state index in [9.17, 15) is 17.6 Å². The second kappa shape index (κ2) is 11.6. The molecule has 2 aliphatic heterocycles. The van der Waals surface area contributed by atoms with Crippen molar-refractivity contribution in [2.24, 2.45) is 11.8 Å². The van der Waals surface area contributed by atoms with Crippen LogP contribution in [0.1, 0.15) is 24.6 Å². The number of aromatic nitrogens is 2. The lowest BCUT2D eigenvalue weighted by atomic mass is 9.89. The highest BCUT2D eigenvalue weighted by molar-refractivity contribution is 5.66. The molecule has 0 N–H and O–H groups in total. The maximum Gasteiger partial charge on any atom is 0.393 e. The van der Waals surface area contributed by atoms with E-state index < -0.39 is 40.8 Å². The van der Waals surface area contributed by atoms with Crippen LogP contribution in [-0.2, 0) is 17.6 Å². The SMILES string of the molecule is C[C@H]1C[C@@H](C(F)(F)F)CN(c2ccncc2CCc2ccc(F)c(-c3c(F)cc(N4CCOCC4)cc3F)n2)C1. The number of anilines is 2. The standard InChI is InChI=1S/C29H30F6N4O/c1-18-12-20(29(33,34)35)17-39(16-18)26-6-7-36-15-19(26)2-3-21-4-5-23(30)28(37-21)27-24(31)13-22(14-25(27)32)38-8-10-40-11-9-38/h4-7,13-15,18,20H,2-3,8-12,16-17H2,1H3/t18-,20+/m0/s1. The Bertz CT molecular complexity index is 1320. The van der Waals surface area contributed by atoms with Gasteiger partial charge in [0.05, 0.1) is 24.7 Å². The van der Waals surface area contributed by atoms with Crippen molar-refractivity contribution in [3.05, 3.63) is 71.4 Å². The number of alkyl halides is 3. The van der Waals surface area contributed by atoms with E-state index in [2.05, 4.69) is 9.97 Å². The average Bonchev–Trinajstić information content (AvgIpc) is 2.92. The van der Waals surface area contributed by atoms with E-state index in [1.165, 1.54) is 18.2 Å². The quantitative estimate of drug-likeness (QED) is 0.333. The number of benzene rings is 1. The molecule has 0 unspecified atom stereocenters. The number of pyridine rings is 2. The van der Waals surface area contributed by atoms with Crippen LogP contribution in [0.4, 0.5) is 37.7 Å². The van der Waals surface area contributed by atoms with Crippen LogP contribution in [0.25, 0.3) is 11.3 Å². The number of aryl methyl sites for hydroxylation is 2. The Morgan fingerprint density at radius 2 is 1.65 bits per heavy atom. The van der Waals surface area contributed by atoms with E-state index in [4.69, 9.17) is 4.74 Å². The van der Waals surface area contributed by atoms with Crippen LogP contribution in [0.5, 0.6) is 0 Å². The van der Waals surface area contributed by atoms with Crippen LogP contribution in [-0.4, -0.2) is 55.5 Å². The maximum absolute atomic E-state index is 15.1. The second-order valence-electron chi connectivity index (χ2n) is 10.5. The van der Waals surface area contributed by atoms with Crippen molar-refractivity contribution < 1.29 is 31.1 Å². The zero-order valence-corrected chi connectivity index (χ0v) is 22.0. The van der Waals surface area contributed by atoms with E-state index in [-0.39, 0.29) is 25.3 Å². The van der Waals surface area contributed by atoms with Gasteiger partial charge in [0.15, 0.2) is 0 Å². The molecule has 2 aromatic heterocycles. The molecule has 11 heteroatoms. The lowest BCUT2D eigenvalue weighted by molar-refractivity contribution is -0.178. The summed E-state index contributed by atoms with van der Waals surface area (Å²) in [5.74, 6) is -4.25. The van der Waals surface area contributed by atoms with Crippen molar-refractivity contribution in [3.63, 3.8) is 0 Å². The van der Waals surface area contributed by atoms with Crippen LogP contribution in [0.3, 0.4) is 0 Å². The van der Waals surface area contributed by atoms with Gasteiger partial charge in [-0.05, 0) is 61.1 Å². The second-order valence-corrected chi connectivity index (χ2v) is 10.5. The molecule has 5 rings (SSSR count). The molecule has 214 valence electrons. The van der Waals surface area contributed by atoms with Crippen molar-refractivity contribution in [1.82, 2.24) is 9.97 Å². The van der Waals surface area contributed by atoms with E-state index in [0.717, 1.165) is 11.6 Å². The summed E-state index contributed by atoms with van der Waals surface area (Å²) in [6.07, 6.45) is -0.425. The van der Waals surface area contributed by atoms with E-state index in [1.54, 1.807) is 28.3 Å². The van der Waals surface area contributed by atoms with Crippen molar-refractivity contribution in [2.45, 2.75) is 32.4 Å². The number of rotatable bonds is 6. The number of hydrogen-bond acceptors (Lipinski definition) is 5. The van der Waals surface area contributed by atoms with E-state index in [0.29, 0.717) is 56.3 Å². The van der Waals surface area contributed by atoms with Crippen molar-refractivity contribution in [2.75, 3.05) is 49.2 Å². The molecule has 2 saturated heterocycles. The number of piperidine rings is 1. The molecule has 3 aromatic rings. The molecule has 1 aromatic carbocycles. The predicted octanol–water partition coefficient (Wildman–Crippen LogP) is 6.21. The van der Waals surface area contributed by atoms with Crippen LogP contribution in [0, 0.1) is 29.3 Å². The molecule has 0 saturated carbocycles. The maximum atomic E-state index is 15.1. The van der Waals surface area contributed by atoms with Crippen LogP contribution < -0.4 is 9.80 Å². The number of morpholine rings is 1. The lowest BCUT2D eigenvalue weighted by Crippen LogP contribution is -2.45. The zero-order valence-electron chi connectivity index (χ0n) is 22.0. The predicted molar refractivity (Wildman–Crippen MR) is 140 cm³/mol. The number of nitrogens with zero attached hydrogens (tertiary/aromatic N) is 4. The largest absolute Gasteiger partial charge is 0.393 e. The molecule has 2 aliphatic rings. The minimum absolute atomic E-state index is 0.0865. The number of hydrogen-bond donors (Lipinski definition) is 0. The van der Waals surface area contributed by atoms with E-state index >= 15 is 8.78 Å². The van der Waals surface area contributed by atoms with Crippen molar-refractivity contribution in [3.8, 4) is 11.3 Å². The lowest BCUT2D eigenvalue weighted by Gasteiger charge is -2.39. The Hall–Kier alpha value is -3.34. The topological polar surface area (TPSA) is 41.5 Å². The summed E-state index contributed by atoms with van der Waals surface area (Å²) < 4.78 is 90.9. The average molecular weight is 565 g/mol. The highest BCUT2D eigenvalue weighted by Gasteiger charge is 2.43. The Morgan fingerprint density at radius 3 is 2.35 bits per heavy atom. The van der Waals surface area contributed by atoms with Crippen LogP contribution >= 0.6 is 0 Å². The molecule has 0 amide bonds. The molecule has 40 heavy (non-hydrogen) atoms. The Morgan fingerprint density at radius 1 is 0.925 bits per heavy atom. The number of halogens is 6. The molecule has 2 fully saturated rings.